The van der Waals surface area contributed by atoms with E-state index < -0.39 is 0 Å². The number of fused-ring (bicyclic) bond motifs is 3. The summed E-state index contributed by atoms with van der Waals surface area (Å²) >= 11 is 0. The van der Waals surface area contributed by atoms with Crippen molar-refractivity contribution in [3.63, 3.8) is 0 Å². The summed E-state index contributed by atoms with van der Waals surface area (Å²) in [6.45, 7) is 2.76. The van der Waals surface area contributed by atoms with E-state index in [0.29, 0.717) is 5.75 Å². The highest BCUT2D eigenvalue weighted by Gasteiger charge is 2.41. The first-order valence-electron chi connectivity index (χ1n) is 9.11. The minimum absolute atomic E-state index is 0.0246. The summed E-state index contributed by atoms with van der Waals surface area (Å²) in [6, 6.07) is 16.6. The fourth-order valence-electron chi connectivity index (χ4n) is 4.37. The Bertz CT molecular complexity index is 832. The van der Waals surface area contributed by atoms with Gasteiger partial charge in [-0.1, -0.05) is 42.5 Å². The summed E-state index contributed by atoms with van der Waals surface area (Å²) in [4.78, 5) is 0. The molecule has 0 radical (unpaired) electrons. The topological polar surface area (TPSA) is 29.5 Å². The Labute approximate surface area is 149 Å². The number of hydrogen-bond donors (Lipinski definition) is 1. The molecule has 0 bridgehead atoms. The summed E-state index contributed by atoms with van der Waals surface area (Å²) in [5, 5.41) is 9.92. The van der Waals surface area contributed by atoms with Gasteiger partial charge in [0.15, 0.2) is 0 Å². The van der Waals surface area contributed by atoms with Crippen molar-refractivity contribution in [2.45, 2.75) is 38.0 Å². The first-order chi connectivity index (χ1) is 12.2. The van der Waals surface area contributed by atoms with Crippen molar-refractivity contribution in [3.05, 3.63) is 88.7 Å². The number of phenolic OH excluding ortho intramolecular Hbond substituents is 1. The van der Waals surface area contributed by atoms with Crippen LogP contribution in [0.4, 0.5) is 0 Å². The maximum Gasteiger partial charge on any atom is 0.115 e. The van der Waals surface area contributed by atoms with E-state index in [0.717, 1.165) is 38.0 Å². The van der Waals surface area contributed by atoms with Crippen LogP contribution in [-0.2, 0) is 23.0 Å². The van der Waals surface area contributed by atoms with Crippen LogP contribution in [0.25, 0.3) is 0 Å². The molecule has 2 aliphatic carbocycles. The van der Waals surface area contributed by atoms with E-state index in [1.807, 2.05) is 19.1 Å². The number of ether oxygens (including phenoxy) is 1. The van der Waals surface area contributed by atoms with Crippen LogP contribution in [0.1, 0.15) is 36.5 Å². The molecule has 0 aromatic heterocycles. The van der Waals surface area contributed by atoms with Crippen molar-refractivity contribution in [2.24, 2.45) is 0 Å². The summed E-state index contributed by atoms with van der Waals surface area (Å²) in [5.41, 5.74) is 5.29. The normalized spacial score (nSPS) is 21.6. The molecule has 2 aliphatic rings. The highest BCUT2D eigenvalue weighted by Crippen LogP contribution is 2.49. The Morgan fingerprint density at radius 1 is 1.12 bits per heavy atom. The van der Waals surface area contributed by atoms with E-state index in [-0.39, 0.29) is 5.41 Å². The van der Waals surface area contributed by atoms with Gasteiger partial charge in [-0.05, 0) is 66.7 Å². The van der Waals surface area contributed by atoms with Crippen molar-refractivity contribution >= 4 is 0 Å². The van der Waals surface area contributed by atoms with Crippen molar-refractivity contribution in [1.29, 1.82) is 0 Å². The standard InChI is InChI=1S/C23H24O2/c1-2-25-21-12-13-23(16-17-6-4-3-5-7-17)19(15-21)9-8-18-14-20(24)10-11-22(18)23/h3-7,9-11,14-15,24H,2,8,12-13,16H2,1H3/t23-/m0/s1. The first-order valence-corrected chi connectivity index (χ1v) is 9.11. The third-order valence-electron chi connectivity index (χ3n) is 5.49. The first kappa shape index (κ1) is 16.0. The molecule has 25 heavy (non-hydrogen) atoms. The number of benzene rings is 2. The van der Waals surface area contributed by atoms with Crippen LogP contribution in [-0.4, -0.2) is 11.7 Å². The van der Waals surface area contributed by atoms with Gasteiger partial charge < -0.3 is 9.84 Å². The van der Waals surface area contributed by atoms with Crippen LogP contribution in [0.3, 0.4) is 0 Å². The lowest BCUT2D eigenvalue weighted by Gasteiger charge is -2.43. The highest BCUT2D eigenvalue weighted by molar-refractivity contribution is 5.55. The lowest BCUT2D eigenvalue weighted by atomic mass is 9.61. The predicted octanol–water partition coefficient (Wildman–Crippen LogP) is 5.07. The number of aromatic hydroxyl groups is 1. The summed E-state index contributed by atoms with van der Waals surface area (Å²) in [7, 11) is 0. The summed E-state index contributed by atoms with van der Waals surface area (Å²) in [6.07, 6.45) is 8.42. The maximum absolute atomic E-state index is 9.92. The predicted molar refractivity (Wildman–Crippen MR) is 101 cm³/mol. The van der Waals surface area contributed by atoms with Crippen LogP contribution in [0.2, 0.25) is 0 Å². The van der Waals surface area contributed by atoms with Crippen LogP contribution in [0, 0.1) is 0 Å². The van der Waals surface area contributed by atoms with Gasteiger partial charge in [0.2, 0.25) is 0 Å². The smallest absolute Gasteiger partial charge is 0.115 e. The lowest BCUT2D eigenvalue weighted by molar-refractivity contribution is 0.204. The molecule has 0 aliphatic heterocycles. The van der Waals surface area contributed by atoms with Crippen LogP contribution in [0.15, 0.2) is 72.0 Å². The van der Waals surface area contributed by atoms with Crippen LogP contribution < -0.4 is 0 Å². The molecular formula is C23H24O2. The zero-order valence-electron chi connectivity index (χ0n) is 14.7. The number of rotatable bonds is 4. The SMILES string of the molecule is CCOC1=CC2=CCc3cc(O)ccc3[C@]2(Cc2ccccc2)CC1. The minimum Gasteiger partial charge on any atom is -0.508 e. The largest absolute Gasteiger partial charge is 0.508 e. The Balaban J connectivity index is 1.82. The van der Waals surface area contributed by atoms with Gasteiger partial charge in [0.1, 0.15) is 5.75 Å². The summed E-state index contributed by atoms with van der Waals surface area (Å²) in [5.74, 6) is 1.45. The molecule has 2 aromatic rings. The fraction of sp³-hybridized carbons (Fsp3) is 0.304. The molecule has 0 fully saturated rings. The quantitative estimate of drug-likeness (QED) is 0.847. The van der Waals surface area contributed by atoms with Gasteiger partial charge in [-0.25, -0.2) is 0 Å². The second-order valence-corrected chi connectivity index (χ2v) is 6.99. The molecule has 0 saturated heterocycles. The molecule has 0 amide bonds. The molecule has 128 valence electrons. The van der Waals surface area contributed by atoms with Crippen molar-refractivity contribution in [2.75, 3.05) is 6.61 Å². The molecular weight excluding hydrogens is 308 g/mol. The monoisotopic (exact) mass is 332 g/mol. The Morgan fingerprint density at radius 3 is 2.76 bits per heavy atom. The Morgan fingerprint density at radius 2 is 1.96 bits per heavy atom. The average Bonchev–Trinajstić information content (AvgIpc) is 2.63. The average molecular weight is 332 g/mol. The van der Waals surface area contributed by atoms with Gasteiger partial charge in [0, 0.05) is 11.8 Å². The van der Waals surface area contributed by atoms with Gasteiger partial charge in [0.05, 0.1) is 12.4 Å². The molecule has 0 unspecified atom stereocenters. The fourth-order valence-corrected chi connectivity index (χ4v) is 4.37. The Kier molecular flexibility index (Phi) is 4.12. The van der Waals surface area contributed by atoms with E-state index in [1.54, 1.807) is 0 Å². The molecule has 2 heteroatoms. The molecule has 0 saturated carbocycles. The number of allylic oxidation sites excluding steroid dienone is 4. The molecule has 1 atom stereocenters. The minimum atomic E-state index is -0.0246. The van der Waals surface area contributed by atoms with Gasteiger partial charge in [-0.2, -0.15) is 0 Å². The number of hydrogen-bond acceptors (Lipinski definition) is 2. The molecule has 2 aromatic carbocycles. The van der Waals surface area contributed by atoms with Gasteiger partial charge >= 0.3 is 0 Å². The van der Waals surface area contributed by atoms with Gasteiger partial charge in [0.25, 0.3) is 0 Å². The van der Waals surface area contributed by atoms with E-state index in [4.69, 9.17) is 4.74 Å². The van der Waals surface area contributed by atoms with Crippen molar-refractivity contribution in [3.8, 4) is 5.75 Å². The van der Waals surface area contributed by atoms with Gasteiger partial charge in [-0.15, -0.1) is 0 Å². The summed E-state index contributed by atoms with van der Waals surface area (Å²) < 4.78 is 5.81. The van der Waals surface area contributed by atoms with Crippen LogP contribution >= 0.6 is 0 Å². The van der Waals surface area contributed by atoms with Gasteiger partial charge in [-0.3, -0.25) is 0 Å². The number of phenols is 1. The third kappa shape index (κ3) is 2.86. The zero-order valence-corrected chi connectivity index (χ0v) is 14.7. The lowest BCUT2D eigenvalue weighted by Crippen LogP contribution is -2.36. The molecule has 2 nitrogen and oxygen atoms in total. The zero-order chi connectivity index (χ0) is 17.3. The van der Waals surface area contributed by atoms with E-state index in [1.165, 1.54) is 22.3 Å². The molecule has 1 N–H and O–H groups in total. The van der Waals surface area contributed by atoms with E-state index in [2.05, 4.69) is 48.6 Å². The molecule has 0 heterocycles. The second-order valence-electron chi connectivity index (χ2n) is 6.99. The maximum atomic E-state index is 9.92. The van der Waals surface area contributed by atoms with Crippen molar-refractivity contribution < 1.29 is 9.84 Å². The second kappa shape index (κ2) is 6.44. The molecule has 4 rings (SSSR count). The Hall–Kier alpha value is -2.48. The highest BCUT2D eigenvalue weighted by atomic mass is 16.5. The third-order valence-corrected chi connectivity index (χ3v) is 5.49. The van der Waals surface area contributed by atoms with Crippen molar-refractivity contribution in [1.82, 2.24) is 0 Å². The molecule has 0 spiro atoms. The van der Waals surface area contributed by atoms with E-state index >= 15 is 0 Å². The van der Waals surface area contributed by atoms with Crippen LogP contribution in [0.5, 0.6) is 5.75 Å². The van der Waals surface area contributed by atoms with E-state index in [9.17, 15) is 5.11 Å².